The molecule has 0 unspecified atom stereocenters. The first-order valence-electron chi connectivity index (χ1n) is 9.87. The van der Waals surface area contributed by atoms with E-state index in [1.54, 1.807) is 32.0 Å². The smallest absolute Gasteiger partial charge is 0.252 e. The van der Waals surface area contributed by atoms with Crippen LogP contribution < -0.4 is 14.8 Å². The number of carbonyl (C=O) groups is 1. The van der Waals surface area contributed by atoms with E-state index >= 15 is 0 Å². The predicted octanol–water partition coefficient (Wildman–Crippen LogP) is 4.35. The molecule has 0 aliphatic rings. The minimum atomic E-state index is -0.733. The Kier molecular flexibility index (Phi) is 7.09. The Morgan fingerprint density at radius 2 is 1.30 bits per heavy atom. The number of aliphatic hydroxyl groups excluding tert-OH is 1. The zero-order valence-corrected chi connectivity index (χ0v) is 17.3. The fourth-order valence-corrected chi connectivity index (χ4v) is 2.77. The van der Waals surface area contributed by atoms with Crippen LogP contribution in [0.4, 0.5) is 0 Å². The van der Waals surface area contributed by atoms with Crippen LogP contribution in [-0.2, 0) is 13.2 Å². The van der Waals surface area contributed by atoms with E-state index in [2.05, 4.69) is 5.32 Å². The Morgan fingerprint density at radius 1 is 0.833 bits per heavy atom. The third-order valence-electron chi connectivity index (χ3n) is 4.49. The summed E-state index contributed by atoms with van der Waals surface area (Å²) in [5.41, 5.74) is 1.73. The van der Waals surface area contributed by atoms with Crippen molar-refractivity contribution >= 4 is 5.91 Å². The van der Waals surface area contributed by atoms with Gasteiger partial charge in [-0.25, -0.2) is 0 Å². The highest BCUT2D eigenvalue weighted by molar-refractivity contribution is 5.95. The number of rotatable bonds is 9. The van der Waals surface area contributed by atoms with Crippen LogP contribution in [0.15, 0.2) is 78.9 Å². The quantitative estimate of drug-likeness (QED) is 0.556. The van der Waals surface area contributed by atoms with Crippen LogP contribution in [0.1, 0.15) is 35.3 Å². The molecule has 1 amide bonds. The topological polar surface area (TPSA) is 67.8 Å². The highest BCUT2D eigenvalue weighted by Crippen LogP contribution is 2.25. The van der Waals surface area contributed by atoms with Crippen molar-refractivity contribution < 1.29 is 19.4 Å². The molecule has 0 spiro atoms. The van der Waals surface area contributed by atoms with Crippen molar-refractivity contribution in [2.45, 2.75) is 32.6 Å². The molecule has 0 aliphatic heterocycles. The average molecular weight is 405 g/mol. The van der Waals surface area contributed by atoms with Gasteiger partial charge in [-0.1, -0.05) is 60.7 Å². The lowest BCUT2D eigenvalue weighted by Crippen LogP contribution is -2.46. The van der Waals surface area contributed by atoms with Crippen LogP contribution >= 0.6 is 0 Å². The van der Waals surface area contributed by atoms with Gasteiger partial charge in [0.1, 0.15) is 24.7 Å². The van der Waals surface area contributed by atoms with Crippen molar-refractivity contribution in [3.63, 3.8) is 0 Å². The molecular formula is C25H27NO4. The normalized spacial score (nSPS) is 11.0. The number of hydrogen-bond donors (Lipinski definition) is 2. The van der Waals surface area contributed by atoms with Crippen molar-refractivity contribution in [3.8, 4) is 11.5 Å². The molecule has 3 aromatic rings. The van der Waals surface area contributed by atoms with Crippen molar-refractivity contribution in [2.24, 2.45) is 0 Å². The van der Waals surface area contributed by atoms with Gasteiger partial charge in [0.25, 0.3) is 5.91 Å². The highest BCUT2D eigenvalue weighted by Gasteiger charge is 2.21. The molecule has 0 atom stereocenters. The van der Waals surface area contributed by atoms with Gasteiger partial charge in [0, 0.05) is 11.6 Å². The number of amides is 1. The third-order valence-corrected chi connectivity index (χ3v) is 4.49. The zero-order valence-electron chi connectivity index (χ0n) is 17.3. The summed E-state index contributed by atoms with van der Waals surface area (Å²) < 4.78 is 11.8. The van der Waals surface area contributed by atoms with Gasteiger partial charge in [-0.3, -0.25) is 4.79 Å². The van der Waals surface area contributed by atoms with Crippen LogP contribution in [0.3, 0.4) is 0 Å². The van der Waals surface area contributed by atoms with Gasteiger partial charge < -0.3 is 19.9 Å². The summed E-state index contributed by atoms with van der Waals surface area (Å²) in [6.45, 7) is 4.11. The Labute approximate surface area is 177 Å². The Balaban J connectivity index is 1.80. The van der Waals surface area contributed by atoms with E-state index in [4.69, 9.17) is 9.47 Å². The summed E-state index contributed by atoms with van der Waals surface area (Å²) in [5.74, 6) is 0.775. The molecule has 0 bridgehead atoms. The van der Waals surface area contributed by atoms with E-state index in [-0.39, 0.29) is 12.5 Å². The number of hydrogen-bond acceptors (Lipinski definition) is 4. The van der Waals surface area contributed by atoms with E-state index < -0.39 is 5.54 Å². The molecule has 0 saturated carbocycles. The minimum Gasteiger partial charge on any atom is -0.489 e. The Bertz CT molecular complexity index is 894. The number of ether oxygens (including phenoxy) is 2. The maximum Gasteiger partial charge on any atom is 0.252 e. The molecule has 0 aromatic heterocycles. The van der Waals surface area contributed by atoms with Crippen molar-refractivity contribution in [1.82, 2.24) is 5.32 Å². The minimum absolute atomic E-state index is 0.166. The van der Waals surface area contributed by atoms with E-state index in [1.807, 2.05) is 60.7 Å². The van der Waals surface area contributed by atoms with Gasteiger partial charge in [0.05, 0.1) is 12.1 Å². The zero-order chi connectivity index (χ0) is 21.4. The highest BCUT2D eigenvalue weighted by atomic mass is 16.5. The van der Waals surface area contributed by atoms with Gasteiger partial charge in [0.2, 0.25) is 0 Å². The van der Waals surface area contributed by atoms with Crippen LogP contribution in [0.2, 0.25) is 0 Å². The summed E-state index contributed by atoms with van der Waals surface area (Å²) in [4.78, 5) is 12.7. The fraction of sp³-hybridized carbons (Fsp3) is 0.240. The molecule has 0 heterocycles. The second kappa shape index (κ2) is 9.94. The standard InChI is InChI=1S/C25H27NO4/c1-25(2,18-27)26-24(28)21-13-22(29-16-19-9-5-3-6-10-19)15-23(14-21)30-17-20-11-7-4-8-12-20/h3-15,27H,16-18H2,1-2H3,(H,26,28). The summed E-state index contributed by atoms with van der Waals surface area (Å²) in [7, 11) is 0. The van der Waals surface area contributed by atoms with Gasteiger partial charge in [-0.2, -0.15) is 0 Å². The third kappa shape index (κ3) is 6.36. The molecule has 3 aromatic carbocycles. The first kappa shape index (κ1) is 21.4. The first-order valence-corrected chi connectivity index (χ1v) is 9.87. The summed E-state index contributed by atoms with van der Waals surface area (Å²) in [5, 5.41) is 12.3. The predicted molar refractivity (Wildman–Crippen MR) is 117 cm³/mol. The van der Waals surface area contributed by atoms with E-state index in [1.165, 1.54) is 0 Å². The van der Waals surface area contributed by atoms with Gasteiger partial charge in [-0.05, 0) is 37.1 Å². The average Bonchev–Trinajstić information content (AvgIpc) is 2.77. The van der Waals surface area contributed by atoms with Crippen LogP contribution in [0.5, 0.6) is 11.5 Å². The monoisotopic (exact) mass is 405 g/mol. The first-order chi connectivity index (χ1) is 14.4. The molecular weight excluding hydrogens is 378 g/mol. The molecule has 0 fully saturated rings. The molecule has 30 heavy (non-hydrogen) atoms. The number of aliphatic hydroxyl groups is 1. The SMILES string of the molecule is CC(C)(CO)NC(=O)c1cc(OCc2ccccc2)cc(OCc2ccccc2)c1. The van der Waals surface area contributed by atoms with Crippen LogP contribution in [-0.4, -0.2) is 23.2 Å². The molecule has 2 N–H and O–H groups in total. The summed E-state index contributed by atoms with van der Waals surface area (Å²) in [6, 6.07) is 24.8. The second-order valence-corrected chi connectivity index (χ2v) is 7.74. The van der Waals surface area contributed by atoms with Crippen molar-refractivity contribution in [1.29, 1.82) is 0 Å². The Morgan fingerprint density at radius 3 is 1.73 bits per heavy atom. The summed E-state index contributed by atoms with van der Waals surface area (Å²) >= 11 is 0. The van der Waals surface area contributed by atoms with Gasteiger partial charge in [0.15, 0.2) is 0 Å². The lowest BCUT2D eigenvalue weighted by atomic mass is 10.1. The fourth-order valence-electron chi connectivity index (χ4n) is 2.77. The van der Waals surface area contributed by atoms with Gasteiger partial charge >= 0.3 is 0 Å². The number of nitrogens with one attached hydrogen (secondary N) is 1. The number of carbonyl (C=O) groups excluding carboxylic acids is 1. The molecule has 0 saturated heterocycles. The molecule has 5 nitrogen and oxygen atoms in total. The van der Waals surface area contributed by atoms with E-state index in [0.29, 0.717) is 30.3 Å². The maximum atomic E-state index is 12.7. The van der Waals surface area contributed by atoms with E-state index in [0.717, 1.165) is 11.1 Å². The lowest BCUT2D eigenvalue weighted by Gasteiger charge is -2.23. The maximum absolute atomic E-state index is 12.7. The van der Waals surface area contributed by atoms with E-state index in [9.17, 15) is 9.90 Å². The van der Waals surface area contributed by atoms with Crippen LogP contribution in [0.25, 0.3) is 0 Å². The largest absolute Gasteiger partial charge is 0.489 e. The molecule has 156 valence electrons. The molecule has 0 radical (unpaired) electrons. The molecule has 3 rings (SSSR count). The Hall–Kier alpha value is -3.31. The number of benzene rings is 3. The summed E-state index contributed by atoms with van der Waals surface area (Å²) in [6.07, 6.45) is 0. The van der Waals surface area contributed by atoms with Crippen LogP contribution in [0, 0.1) is 0 Å². The van der Waals surface area contributed by atoms with Crippen molar-refractivity contribution in [3.05, 3.63) is 95.6 Å². The second-order valence-electron chi connectivity index (χ2n) is 7.74. The molecule has 0 aliphatic carbocycles. The molecule has 5 heteroatoms. The lowest BCUT2D eigenvalue weighted by molar-refractivity contribution is 0.0868. The van der Waals surface area contributed by atoms with Gasteiger partial charge in [-0.15, -0.1) is 0 Å². The van der Waals surface area contributed by atoms with Crippen molar-refractivity contribution in [2.75, 3.05) is 6.61 Å².